The summed E-state index contributed by atoms with van der Waals surface area (Å²) in [4.78, 5) is 15.5. The second-order valence-corrected chi connectivity index (χ2v) is 5.97. The fraction of sp³-hybridized carbons (Fsp3) is 0.188. The van der Waals surface area contributed by atoms with Crippen LogP contribution in [0.2, 0.25) is 0 Å². The minimum atomic E-state index is 0.702. The zero-order valence-corrected chi connectivity index (χ0v) is 12.9. The van der Waals surface area contributed by atoms with E-state index < -0.39 is 0 Å². The van der Waals surface area contributed by atoms with Crippen LogP contribution in [0, 0.1) is 0 Å². The average Bonchev–Trinajstić information content (AvgIpc) is 2.54. The molecular weight excluding hydrogens is 328 g/mol. The Morgan fingerprint density at radius 2 is 1.95 bits per heavy atom. The lowest BCUT2D eigenvalue weighted by Crippen LogP contribution is -2.31. The predicted octanol–water partition coefficient (Wildman–Crippen LogP) is 3.35. The molecule has 0 saturated heterocycles. The molecule has 2 aromatic heterocycles. The lowest BCUT2D eigenvalue weighted by atomic mass is 10.00. The number of pyridine rings is 1. The molecule has 3 aromatic rings. The van der Waals surface area contributed by atoms with Crippen LogP contribution in [0.1, 0.15) is 11.1 Å². The topological polar surface area (TPSA) is 41.9 Å². The summed E-state index contributed by atoms with van der Waals surface area (Å²) in [5, 5.41) is 0. The molecule has 1 aliphatic rings. The summed E-state index contributed by atoms with van der Waals surface area (Å²) < 4.78 is 1.17. The minimum absolute atomic E-state index is 0.702. The molecule has 0 fully saturated rings. The van der Waals surface area contributed by atoms with Crippen molar-refractivity contribution in [3.8, 4) is 0 Å². The summed E-state index contributed by atoms with van der Waals surface area (Å²) in [5.41, 5.74) is 4.30. The van der Waals surface area contributed by atoms with E-state index in [0.717, 1.165) is 30.8 Å². The lowest BCUT2D eigenvalue weighted by Gasteiger charge is -2.30. The lowest BCUT2D eigenvalue weighted by molar-refractivity contribution is 0.719. The summed E-state index contributed by atoms with van der Waals surface area (Å²) in [7, 11) is 0. The van der Waals surface area contributed by atoms with Gasteiger partial charge in [-0.3, -0.25) is 4.98 Å². The Balaban J connectivity index is 1.72. The van der Waals surface area contributed by atoms with E-state index in [9.17, 15) is 0 Å². The van der Waals surface area contributed by atoms with Crippen molar-refractivity contribution in [3.63, 3.8) is 0 Å². The molecule has 0 unspecified atom stereocenters. The second-order valence-electron chi connectivity index (χ2n) is 5.12. The van der Waals surface area contributed by atoms with Gasteiger partial charge in [-0.2, -0.15) is 0 Å². The number of anilines is 1. The highest BCUT2D eigenvalue weighted by Crippen LogP contribution is 2.29. The van der Waals surface area contributed by atoms with Gasteiger partial charge in [0.2, 0.25) is 0 Å². The monoisotopic (exact) mass is 340 g/mol. The van der Waals surface area contributed by atoms with Gasteiger partial charge in [-0.25, -0.2) is 9.97 Å². The Morgan fingerprint density at radius 1 is 1.05 bits per heavy atom. The molecule has 5 heteroatoms. The molecule has 104 valence electrons. The number of aromatic nitrogens is 3. The quantitative estimate of drug-likeness (QED) is 0.681. The fourth-order valence-corrected chi connectivity index (χ4v) is 3.29. The predicted molar refractivity (Wildman–Crippen MR) is 86.2 cm³/mol. The van der Waals surface area contributed by atoms with Gasteiger partial charge in [0.25, 0.3) is 0 Å². The minimum Gasteiger partial charge on any atom is -0.352 e. The first kappa shape index (κ1) is 12.7. The molecule has 21 heavy (non-hydrogen) atoms. The number of fused-ring (bicyclic) bond motifs is 2. The van der Waals surface area contributed by atoms with Crippen molar-refractivity contribution in [2.75, 3.05) is 11.4 Å². The molecule has 1 aromatic carbocycles. The number of nitrogens with zero attached hydrogens (tertiary/aromatic N) is 4. The third-order valence-electron chi connectivity index (χ3n) is 3.86. The van der Waals surface area contributed by atoms with E-state index in [2.05, 4.69) is 54.0 Å². The molecule has 1 aliphatic heterocycles. The third-order valence-corrected chi connectivity index (χ3v) is 4.60. The number of hydrogen-bond donors (Lipinski definition) is 0. The van der Waals surface area contributed by atoms with E-state index in [1.54, 1.807) is 12.4 Å². The van der Waals surface area contributed by atoms with Crippen LogP contribution in [-0.2, 0) is 13.0 Å². The summed E-state index contributed by atoms with van der Waals surface area (Å²) in [5.74, 6) is 0.962. The number of halogens is 1. The summed E-state index contributed by atoms with van der Waals surface area (Å²) in [6.07, 6.45) is 4.41. The maximum Gasteiger partial charge on any atom is 0.180 e. The summed E-state index contributed by atoms with van der Waals surface area (Å²) in [6.45, 7) is 1.84. The van der Waals surface area contributed by atoms with Crippen molar-refractivity contribution in [2.24, 2.45) is 0 Å². The van der Waals surface area contributed by atoms with Crippen molar-refractivity contribution in [2.45, 2.75) is 13.0 Å². The molecule has 4 nitrogen and oxygen atoms in total. The average molecular weight is 341 g/mol. The Bertz CT molecular complexity index is 818. The fourth-order valence-electron chi connectivity index (χ4n) is 2.76. The van der Waals surface area contributed by atoms with Crippen molar-refractivity contribution in [1.29, 1.82) is 0 Å². The molecular formula is C16H13BrN4. The van der Waals surface area contributed by atoms with Crippen molar-refractivity contribution in [1.82, 2.24) is 15.0 Å². The molecule has 3 heterocycles. The second kappa shape index (κ2) is 5.07. The molecule has 0 aliphatic carbocycles. The molecule has 0 spiro atoms. The molecule has 0 bridgehead atoms. The SMILES string of the molecule is Brc1cccc2c1CN(c1ccc3nccnc3n1)CC2. The van der Waals surface area contributed by atoms with Gasteiger partial charge in [-0.15, -0.1) is 0 Å². The summed E-state index contributed by atoms with van der Waals surface area (Å²) in [6, 6.07) is 10.4. The maximum absolute atomic E-state index is 4.64. The van der Waals surface area contributed by atoms with Gasteiger partial charge in [0.1, 0.15) is 11.3 Å². The maximum atomic E-state index is 4.64. The Labute approximate surface area is 131 Å². The Kier molecular flexibility index (Phi) is 3.07. The molecule has 4 rings (SSSR count). The van der Waals surface area contributed by atoms with Gasteiger partial charge < -0.3 is 4.90 Å². The first-order chi connectivity index (χ1) is 10.3. The van der Waals surface area contributed by atoms with Crippen molar-refractivity contribution in [3.05, 3.63) is 58.3 Å². The number of benzene rings is 1. The largest absolute Gasteiger partial charge is 0.352 e. The van der Waals surface area contributed by atoms with Gasteiger partial charge in [-0.05, 0) is 35.7 Å². The van der Waals surface area contributed by atoms with Gasteiger partial charge in [-0.1, -0.05) is 28.1 Å². The first-order valence-electron chi connectivity index (χ1n) is 6.90. The normalized spacial score (nSPS) is 14.2. The van der Waals surface area contributed by atoms with Crippen molar-refractivity contribution >= 4 is 32.9 Å². The van der Waals surface area contributed by atoms with Crippen LogP contribution in [0.15, 0.2) is 47.2 Å². The van der Waals surface area contributed by atoms with E-state index in [4.69, 9.17) is 0 Å². The van der Waals surface area contributed by atoms with Crippen molar-refractivity contribution < 1.29 is 0 Å². The smallest absolute Gasteiger partial charge is 0.180 e. The molecule has 0 saturated carbocycles. The van der Waals surface area contributed by atoms with Gasteiger partial charge in [0, 0.05) is 30.0 Å². The highest BCUT2D eigenvalue weighted by atomic mass is 79.9. The third kappa shape index (κ3) is 2.27. The van der Waals surface area contributed by atoms with E-state index in [1.165, 1.54) is 15.6 Å². The molecule has 0 N–H and O–H groups in total. The summed E-state index contributed by atoms with van der Waals surface area (Å²) >= 11 is 3.65. The van der Waals surface area contributed by atoms with Crippen LogP contribution in [0.4, 0.5) is 5.82 Å². The van der Waals surface area contributed by atoms with E-state index in [1.807, 2.05) is 12.1 Å². The number of hydrogen-bond acceptors (Lipinski definition) is 4. The van der Waals surface area contributed by atoms with E-state index in [-0.39, 0.29) is 0 Å². The first-order valence-corrected chi connectivity index (χ1v) is 7.69. The Morgan fingerprint density at radius 3 is 2.90 bits per heavy atom. The van der Waals surface area contributed by atoms with Gasteiger partial charge >= 0.3 is 0 Å². The van der Waals surface area contributed by atoms with E-state index >= 15 is 0 Å². The van der Waals surface area contributed by atoms with Crippen LogP contribution in [0.25, 0.3) is 11.2 Å². The number of rotatable bonds is 1. The van der Waals surface area contributed by atoms with Crippen LogP contribution < -0.4 is 4.90 Å². The van der Waals surface area contributed by atoms with Crippen LogP contribution in [-0.4, -0.2) is 21.5 Å². The van der Waals surface area contributed by atoms with E-state index in [0.29, 0.717) is 5.65 Å². The Hall–Kier alpha value is -2.01. The molecule has 0 amide bonds. The van der Waals surface area contributed by atoms with Gasteiger partial charge in [0.15, 0.2) is 5.65 Å². The highest BCUT2D eigenvalue weighted by molar-refractivity contribution is 9.10. The zero-order chi connectivity index (χ0) is 14.2. The highest BCUT2D eigenvalue weighted by Gasteiger charge is 2.19. The molecule has 0 radical (unpaired) electrons. The van der Waals surface area contributed by atoms with Crippen LogP contribution >= 0.6 is 15.9 Å². The molecule has 0 atom stereocenters. The zero-order valence-electron chi connectivity index (χ0n) is 11.3. The van der Waals surface area contributed by atoms with Gasteiger partial charge in [0.05, 0.1) is 0 Å². The standard InChI is InChI=1S/C16H13BrN4/c17-13-3-1-2-11-6-9-21(10-12(11)13)15-5-4-14-16(20-15)19-8-7-18-14/h1-5,7-8H,6,9-10H2. The van der Waals surface area contributed by atoms with Crippen LogP contribution in [0.3, 0.4) is 0 Å². The van der Waals surface area contributed by atoms with Crippen LogP contribution in [0.5, 0.6) is 0 Å².